The Kier molecular flexibility index (Phi) is 4.67. The van der Waals surface area contributed by atoms with Crippen molar-refractivity contribution in [3.8, 4) is 0 Å². The molecular formula is C21H35N2+. The van der Waals surface area contributed by atoms with Gasteiger partial charge in [0.25, 0.3) is 0 Å². The number of rotatable bonds is 2. The van der Waals surface area contributed by atoms with Gasteiger partial charge in [-0.15, -0.1) is 0 Å². The Morgan fingerprint density at radius 1 is 0.957 bits per heavy atom. The molecule has 1 heterocycles. The van der Waals surface area contributed by atoms with Crippen LogP contribution < -0.4 is 4.90 Å². The van der Waals surface area contributed by atoms with E-state index in [1.807, 2.05) is 0 Å². The summed E-state index contributed by atoms with van der Waals surface area (Å²) < 4.78 is 2.42. The summed E-state index contributed by atoms with van der Waals surface area (Å²) in [5.74, 6) is 0.527. The standard InChI is InChI=1S/C21H35N2/c1-15(2)16-12-10-11-13-17(16)23-14-22(9)18(20(3,4)5)19(23)21(6,7)8/h10-15,18-19H,1-9H3/q+1/t18-,19-/m0/s1. The molecule has 1 aliphatic heterocycles. The molecule has 0 bridgehead atoms. The lowest BCUT2D eigenvalue weighted by Crippen LogP contribution is -2.52. The molecule has 1 aliphatic rings. The fourth-order valence-corrected chi connectivity index (χ4v) is 4.11. The molecule has 0 radical (unpaired) electrons. The van der Waals surface area contributed by atoms with Crippen LogP contribution in [0.15, 0.2) is 24.3 Å². The second-order valence-electron chi connectivity index (χ2n) is 9.52. The van der Waals surface area contributed by atoms with Gasteiger partial charge in [0.1, 0.15) is 17.8 Å². The van der Waals surface area contributed by atoms with Crippen LogP contribution in [-0.2, 0) is 0 Å². The SMILES string of the molecule is CC(C)c1ccccc1N1C=[N+](C)[C@H](C(C)(C)C)[C@H]1C(C)(C)C. The summed E-state index contributed by atoms with van der Waals surface area (Å²) in [6.07, 6.45) is 2.33. The van der Waals surface area contributed by atoms with Gasteiger partial charge in [-0.25, -0.2) is 4.90 Å². The van der Waals surface area contributed by atoms with E-state index in [2.05, 4.69) is 103 Å². The predicted octanol–water partition coefficient (Wildman–Crippen LogP) is 5.13. The van der Waals surface area contributed by atoms with Gasteiger partial charge in [0.05, 0.1) is 7.05 Å². The van der Waals surface area contributed by atoms with Crippen molar-refractivity contribution in [2.75, 3.05) is 11.9 Å². The van der Waals surface area contributed by atoms with Crippen molar-refractivity contribution < 1.29 is 4.58 Å². The smallest absolute Gasteiger partial charge is 0.239 e. The number of benzene rings is 1. The molecule has 2 rings (SSSR count). The van der Waals surface area contributed by atoms with E-state index in [1.165, 1.54) is 11.3 Å². The molecule has 0 spiro atoms. The normalized spacial score (nSPS) is 22.7. The number of para-hydroxylation sites is 1. The molecule has 128 valence electrons. The molecule has 2 nitrogen and oxygen atoms in total. The first-order valence-corrected chi connectivity index (χ1v) is 8.89. The summed E-state index contributed by atoms with van der Waals surface area (Å²) in [6.45, 7) is 18.8. The maximum absolute atomic E-state index is 2.53. The van der Waals surface area contributed by atoms with Gasteiger partial charge in [0.2, 0.25) is 6.34 Å². The van der Waals surface area contributed by atoms with Gasteiger partial charge < -0.3 is 0 Å². The lowest BCUT2D eigenvalue weighted by molar-refractivity contribution is -0.546. The fourth-order valence-electron chi connectivity index (χ4n) is 4.11. The Hall–Kier alpha value is -1.31. The maximum atomic E-state index is 2.53. The third-order valence-corrected chi connectivity index (χ3v) is 4.96. The van der Waals surface area contributed by atoms with Gasteiger partial charge in [-0.05, 0) is 12.0 Å². The Balaban J connectivity index is 2.59. The highest BCUT2D eigenvalue weighted by Crippen LogP contribution is 2.42. The van der Waals surface area contributed by atoms with Crippen LogP contribution in [0.2, 0.25) is 0 Å². The van der Waals surface area contributed by atoms with Crippen LogP contribution in [0, 0.1) is 10.8 Å². The van der Waals surface area contributed by atoms with E-state index in [4.69, 9.17) is 0 Å². The fraction of sp³-hybridized carbons (Fsp3) is 0.667. The van der Waals surface area contributed by atoms with Crippen molar-refractivity contribution in [3.63, 3.8) is 0 Å². The molecule has 1 aromatic rings. The summed E-state index contributed by atoms with van der Waals surface area (Å²) >= 11 is 0. The quantitative estimate of drug-likeness (QED) is 0.686. The first-order chi connectivity index (χ1) is 10.4. The van der Waals surface area contributed by atoms with Crippen LogP contribution in [0.3, 0.4) is 0 Å². The van der Waals surface area contributed by atoms with E-state index in [0.29, 0.717) is 18.0 Å². The van der Waals surface area contributed by atoms with Crippen molar-refractivity contribution in [2.24, 2.45) is 10.8 Å². The third kappa shape index (κ3) is 3.46. The van der Waals surface area contributed by atoms with Gasteiger partial charge in [-0.1, -0.05) is 73.6 Å². The summed E-state index contributed by atoms with van der Waals surface area (Å²) in [4.78, 5) is 2.53. The predicted molar refractivity (Wildman–Crippen MR) is 102 cm³/mol. The van der Waals surface area contributed by atoms with Crippen molar-refractivity contribution in [1.82, 2.24) is 0 Å². The van der Waals surface area contributed by atoms with Gasteiger partial charge >= 0.3 is 0 Å². The third-order valence-electron chi connectivity index (χ3n) is 4.96. The largest absolute Gasteiger partial charge is 0.263 e. The van der Waals surface area contributed by atoms with Crippen LogP contribution in [0.5, 0.6) is 0 Å². The lowest BCUT2D eigenvalue weighted by atomic mass is 9.72. The highest BCUT2D eigenvalue weighted by molar-refractivity contribution is 5.81. The van der Waals surface area contributed by atoms with Crippen molar-refractivity contribution in [3.05, 3.63) is 29.8 Å². The maximum Gasteiger partial charge on any atom is 0.239 e. The lowest BCUT2D eigenvalue weighted by Gasteiger charge is -2.39. The summed E-state index contributed by atoms with van der Waals surface area (Å²) in [6, 6.07) is 9.82. The van der Waals surface area contributed by atoms with Crippen LogP contribution in [0.1, 0.15) is 66.9 Å². The molecule has 23 heavy (non-hydrogen) atoms. The Bertz CT molecular complexity index is 585. The number of likely N-dealkylation sites (N-methyl/N-ethyl adjacent to an activating group) is 1. The Labute approximate surface area is 143 Å². The average molecular weight is 316 g/mol. The van der Waals surface area contributed by atoms with Gasteiger partial charge in [-0.3, -0.25) is 4.58 Å². The molecule has 2 heteroatoms. The van der Waals surface area contributed by atoms with E-state index >= 15 is 0 Å². The molecule has 0 amide bonds. The molecule has 0 aromatic heterocycles. The molecular weight excluding hydrogens is 280 g/mol. The van der Waals surface area contributed by atoms with Crippen LogP contribution in [0.4, 0.5) is 5.69 Å². The molecule has 2 atom stereocenters. The van der Waals surface area contributed by atoms with E-state index in [-0.39, 0.29) is 10.8 Å². The van der Waals surface area contributed by atoms with E-state index in [9.17, 15) is 0 Å². The van der Waals surface area contributed by atoms with Gasteiger partial charge in [0, 0.05) is 16.4 Å². The first-order valence-electron chi connectivity index (χ1n) is 8.89. The van der Waals surface area contributed by atoms with Crippen LogP contribution in [-0.4, -0.2) is 30.0 Å². The van der Waals surface area contributed by atoms with Crippen LogP contribution >= 0.6 is 0 Å². The minimum atomic E-state index is 0.198. The Morgan fingerprint density at radius 3 is 2.00 bits per heavy atom. The summed E-state index contributed by atoms with van der Waals surface area (Å²) in [7, 11) is 2.23. The highest BCUT2D eigenvalue weighted by atomic mass is 15.3. The monoisotopic (exact) mass is 315 g/mol. The zero-order chi connectivity index (χ0) is 17.6. The second-order valence-corrected chi connectivity index (χ2v) is 9.52. The highest BCUT2D eigenvalue weighted by Gasteiger charge is 2.53. The topological polar surface area (TPSA) is 6.25 Å². The van der Waals surface area contributed by atoms with E-state index in [0.717, 1.165) is 0 Å². The number of hydrogen-bond donors (Lipinski definition) is 0. The van der Waals surface area contributed by atoms with E-state index in [1.54, 1.807) is 0 Å². The average Bonchev–Trinajstić information content (AvgIpc) is 2.76. The minimum Gasteiger partial charge on any atom is -0.263 e. The molecule has 0 saturated carbocycles. The minimum absolute atomic E-state index is 0.198. The number of hydrogen-bond acceptors (Lipinski definition) is 1. The van der Waals surface area contributed by atoms with Gasteiger partial charge in [-0.2, -0.15) is 0 Å². The van der Waals surface area contributed by atoms with Crippen molar-refractivity contribution in [1.29, 1.82) is 0 Å². The molecule has 0 unspecified atom stereocenters. The van der Waals surface area contributed by atoms with Crippen LogP contribution in [0.25, 0.3) is 0 Å². The Morgan fingerprint density at radius 2 is 1.52 bits per heavy atom. The van der Waals surface area contributed by atoms with Gasteiger partial charge in [0.15, 0.2) is 0 Å². The molecule has 1 aromatic carbocycles. The molecule has 0 N–H and O–H groups in total. The summed E-state index contributed by atoms with van der Waals surface area (Å²) in [5, 5.41) is 0. The van der Waals surface area contributed by atoms with Crippen molar-refractivity contribution >= 4 is 12.0 Å². The van der Waals surface area contributed by atoms with E-state index < -0.39 is 0 Å². The number of nitrogens with zero attached hydrogens (tertiary/aromatic N) is 2. The zero-order valence-corrected chi connectivity index (χ0v) is 16.5. The first kappa shape index (κ1) is 18.0. The van der Waals surface area contributed by atoms with Crippen molar-refractivity contribution in [2.45, 2.75) is 73.4 Å². The summed E-state index contributed by atoms with van der Waals surface area (Å²) in [5.41, 5.74) is 3.22. The molecule has 0 fully saturated rings. The number of anilines is 1. The molecule has 0 aliphatic carbocycles. The zero-order valence-electron chi connectivity index (χ0n) is 16.5. The second kappa shape index (κ2) is 5.96. The molecule has 0 saturated heterocycles.